The van der Waals surface area contributed by atoms with Crippen LogP contribution in [0.25, 0.3) is 11.0 Å². The van der Waals surface area contributed by atoms with E-state index < -0.39 is 0 Å². The number of benzene rings is 1. The number of hydrogen-bond donors (Lipinski definition) is 0. The Bertz CT molecular complexity index is 647. The van der Waals surface area contributed by atoms with E-state index in [4.69, 9.17) is 0 Å². The molecule has 1 aliphatic heterocycles. The van der Waals surface area contributed by atoms with Crippen LogP contribution in [-0.4, -0.2) is 33.7 Å². The first-order valence-corrected chi connectivity index (χ1v) is 7.60. The zero-order valence-corrected chi connectivity index (χ0v) is 12.4. The number of likely N-dealkylation sites (tertiary alicyclic amines) is 1. The second-order valence-electron chi connectivity index (χ2n) is 5.77. The number of para-hydroxylation sites is 2. The van der Waals surface area contributed by atoms with Gasteiger partial charge in [-0.15, -0.1) is 0 Å². The molecule has 0 N–H and O–H groups in total. The molecule has 2 heterocycles. The van der Waals surface area contributed by atoms with Crippen molar-refractivity contribution in [2.45, 2.75) is 32.2 Å². The van der Waals surface area contributed by atoms with Gasteiger partial charge in [0, 0.05) is 26.2 Å². The minimum Gasteiger partial charge on any atom is -0.303 e. The van der Waals surface area contributed by atoms with E-state index in [0.717, 1.165) is 37.0 Å². The molecule has 3 rings (SSSR count). The summed E-state index contributed by atoms with van der Waals surface area (Å²) in [6.07, 6.45) is 3.36. The molecule has 1 saturated heterocycles. The van der Waals surface area contributed by atoms with Gasteiger partial charge >= 0.3 is 5.69 Å². The first-order chi connectivity index (χ1) is 9.72. The lowest BCUT2D eigenvalue weighted by atomic mass is 10.0. The Morgan fingerprint density at radius 3 is 2.45 bits per heavy atom. The van der Waals surface area contributed by atoms with Crippen LogP contribution in [0.5, 0.6) is 0 Å². The monoisotopic (exact) mass is 273 g/mol. The highest BCUT2D eigenvalue weighted by Gasteiger charge is 2.23. The highest BCUT2D eigenvalue weighted by Crippen LogP contribution is 2.25. The minimum absolute atomic E-state index is 0.125. The molecule has 1 aromatic carbocycles. The van der Waals surface area contributed by atoms with Crippen molar-refractivity contribution >= 4 is 11.0 Å². The topological polar surface area (TPSA) is 30.2 Å². The van der Waals surface area contributed by atoms with Crippen LogP contribution in [0.2, 0.25) is 0 Å². The van der Waals surface area contributed by atoms with Crippen molar-refractivity contribution in [3.63, 3.8) is 0 Å². The van der Waals surface area contributed by atoms with Crippen molar-refractivity contribution in [3.05, 3.63) is 34.7 Å². The highest BCUT2D eigenvalue weighted by molar-refractivity contribution is 5.76. The summed E-state index contributed by atoms with van der Waals surface area (Å²) < 4.78 is 3.78. The molecule has 0 radical (unpaired) electrons. The van der Waals surface area contributed by atoms with Crippen molar-refractivity contribution in [2.24, 2.45) is 7.05 Å². The van der Waals surface area contributed by atoms with Crippen molar-refractivity contribution in [2.75, 3.05) is 19.6 Å². The SMILES string of the molecule is CCCN1CCC(n2c(=O)n(C)c3ccccc32)CC1. The lowest BCUT2D eigenvalue weighted by Crippen LogP contribution is -2.37. The third-order valence-corrected chi connectivity index (χ3v) is 4.46. The Kier molecular flexibility index (Phi) is 3.66. The van der Waals surface area contributed by atoms with Crippen LogP contribution in [0.3, 0.4) is 0 Å². The molecule has 0 atom stereocenters. The average molecular weight is 273 g/mol. The van der Waals surface area contributed by atoms with Crippen LogP contribution >= 0.6 is 0 Å². The first kappa shape index (κ1) is 13.4. The third-order valence-electron chi connectivity index (χ3n) is 4.46. The third kappa shape index (κ3) is 2.18. The molecule has 1 aromatic heterocycles. The number of hydrogen-bond acceptors (Lipinski definition) is 2. The molecule has 0 aliphatic carbocycles. The zero-order valence-electron chi connectivity index (χ0n) is 12.4. The summed E-state index contributed by atoms with van der Waals surface area (Å²) >= 11 is 0. The van der Waals surface area contributed by atoms with Crippen molar-refractivity contribution in [1.29, 1.82) is 0 Å². The fourth-order valence-electron chi connectivity index (χ4n) is 3.39. The smallest absolute Gasteiger partial charge is 0.303 e. The Labute approximate surface area is 119 Å². The number of nitrogens with zero attached hydrogens (tertiary/aromatic N) is 3. The Balaban J connectivity index is 1.92. The van der Waals surface area contributed by atoms with Crippen molar-refractivity contribution in [1.82, 2.24) is 14.0 Å². The van der Waals surface area contributed by atoms with Gasteiger partial charge in [-0.05, 0) is 37.9 Å². The summed E-state index contributed by atoms with van der Waals surface area (Å²) in [5, 5.41) is 0. The van der Waals surface area contributed by atoms with Gasteiger partial charge in [0.05, 0.1) is 11.0 Å². The fourth-order valence-corrected chi connectivity index (χ4v) is 3.39. The number of imidazole rings is 1. The second kappa shape index (κ2) is 5.44. The van der Waals surface area contributed by atoms with E-state index in [1.807, 2.05) is 29.8 Å². The maximum absolute atomic E-state index is 12.5. The normalized spacial score (nSPS) is 17.9. The second-order valence-corrected chi connectivity index (χ2v) is 5.77. The van der Waals surface area contributed by atoms with Crippen molar-refractivity contribution < 1.29 is 0 Å². The van der Waals surface area contributed by atoms with Gasteiger partial charge in [-0.25, -0.2) is 4.79 Å². The van der Waals surface area contributed by atoms with Crippen LogP contribution < -0.4 is 5.69 Å². The summed E-state index contributed by atoms with van der Waals surface area (Å²) in [4.78, 5) is 15.0. The van der Waals surface area contributed by atoms with Gasteiger partial charge in [-0.3, -0.25) is 9.13 Å². The first-order valence-electron chi connectivity index (χ1n) is 7.60. The zero-order chi connectivity index (χ0) is 14.1. The van der Waals surface area contributed by atoms with E-state index in [1.54, 1.807) is 4.57 Å². The molecule has 1 aliphatic rings. The van der Waals surface area contributed by atoms with E-state index in [1.165, 1.54) is 13.0 Å². The molecule has 2 aromatic rings. The maximum atomic E-state index is 12.5. The molecule has 0 bridgehead atoms. The molecule has 1 fully saturated rings. The van der Waals surface area contributed by atoms with Gasteiger partial charge < -0.3 is 4.90 Å². The lowest BCUT2D eigenvalue weighted by molar-refractivity contribution is 0.187. The number of piperidine rings is 1. The largest absolute Gasteiger partial charge is 0.329 e. The van der Waals surface area contributed by atoms with Crippen LogP contribution in [0.1, 0.15) is 32.2 Å². The van der Waals surface area contributed by atoms with Gasteiger partial charge in [-0.1, -0.05) is 19.1 Å². The molecular formula is C16H23N3O. The van der Waals surface area contributed by atoms with E-state index in [-0.39, 0.29) is 5.69 Å². The molecule has 20 heavy (non-hydrogen) atoms. The minimum atomic E-state index is 0.125. The van der Waals surface area contributed by atoms with Crippen LogP contribution in [0.15, 0.2) is 29.1 Å². The van der Waals surface area contributed by atoms with Gasteiger partial charge in [0.15, 0.2) is 0 Å². The van der Waals surface area contributed by atoms with Crippen LogP contribution in [0.4, 0.5) is 0 Å². The van der Waals surface area contributed by atoms with Gasteiger partial charge in [0.25, 0.3) is 0 Å². The Hall–Kier alpha value is -1.55. The molecule has 0 amide bonds. The highest BCUT2D eigenvalue weighted by atomic mass is 16.1. The molecule has 0 spiro atoms. The molecule has 4 heteroatoms. The van der Waals surface area contributed by atoms with Gasteiger partial charge in [-0.2, -0.15) is 0 Å². The molecular weight excluding hydrogens is 250 g/mol. The summed E-state index contributed by atoms with van der Waals surface area (Å²) in [5.74, 6) is 0. The number of aryl methyl sites for hydroxylation is 1. The predicted octanol–water partition coefficient (Wildman–Crippen LogP) is 2.39. The Morgan fingerprint density at radius 2 is 1.80 bits per heavy atom. The van der Waals surface area contributed by atoms with Gasteiger partial charge in [0.1, 0.15) is 0 Å². The fraction of sp³-hybridized carbons (Fsp3) is 0.562. The van der Waals surface area contributed by atoms with Crippen LogP contribution in [0, 0.1) is 0 Å². The molecule has 0 unspecified atom stereocenters. The van der Waals surface area contributed by atoms with Gasteiger partial charge in [0.2, 0.25) is 0 Å². The summed E-state index contributed by atoms with van der Waals surface area (Å²) in [6, 6.07) is 8.46. The molecule has 4 nitrogen and oxygen atoms in total. The molecule has 0 saturated carbocycles. The van der Waals surface area contributed by atoms with E-state index >= 15 is 0 Å². The van der Waals surface area contributed by atoms with E-state index in [9.17, 15) is 4.79 Å². The summed E-state index contributed by atoms with van der Waals surface area (Å²) in [6.45, 7) is 5.61. The quantitative estimate of drug-likeness (QED) is 0.859. The van der Waals surface area contributed by atoms with Crippen LogP contribution in [-0.2, 0) is 7.05 Å². The average Bonchev–Trinajstić information content (AvgIpc) is 2.73. The lowest BCUT2D eigenvalue weighted by Gasteiger charge is -2.32. The number of fused-ring (bicyclic) bond motifs is 1. The standard InChI is InChI=1S/C16H23N3O/c1-3-10-18-11-8-13(9-12-18)19-15-7-5-4-6-14(15)17(2)16(19)20/h4-7,13H,3,8-12H2,1-2H3. The maximum Gasteiger partial charge on any atom is 0.329 e. The van der Waals surface area contributed by atoms with Crippen molar-refractivity contribution in [3.8, 4) is 0 Å². The molecule has 108 valence electrons. The van der Waals surface area contributed by atoms with E-state index in [0.29, 0.717) is 6.04 Å². The predicted molar refractivity (Wildman–Crippen MR) is 82.2 cm³/mol. The summed E-state index contributed by atoms with van der Waals surface area (Å²) in [5.41, 5.74) is 2.24. The summed E-state index contributed by atoms with van der Waals surface area (Å²) in [7, 11) is 1.87. The number of aromatic nitrogens is 2. The number of rotatable bonds is 3. The van der Waals surface area contributed by atoms with E-state index in [2.05, 4.69) is 17.9 Å². The Morgan fingerprint density at radius 1 is 1.15 bits per heavy atom.